The van der Waals surface area contributed by atoms with Gasteiger partial charge in [-0.2, -0.15) is 0 Å². The van der Waals surface area contributed by atoms with Crippen molar-refractivity contribution in [3.05, 3.63) is 0 Å². The highest BCUT2D eigenvalue weighted by Crippen LogP contribution is 2.34. The summed E-state index contributed by atoms with van der Waals surface area (Å²) in [5.41, 5.74) is -0.516. The number of carboxylic acids is 1. The third-order valence-electron chi connectivity index (χ3n) is 2.95. The van der Waals surface area contributed by atoms with Gasteiger partial charge in [-0.3, -0.25) is 4.79 Å². The third kappa shape index (κ3) is 1.46. The van der Waals surface area contributed by atoms with E-state index in [-0.39, 0.29) is 5.92 Å². The lowest BCUT2D eigenvalue weighted by Gasteiger charge is -2.37. The van der Waals surface area contributed by atoms with Crippen LogP contribution in [0.3, 0.4) is 0 Å². The molecule has 0 aromatic carbocycles. The van der Waals surface area contributed by atoms with Gasteiger partial charge in [-0.05, 0) is 25.3 Å². The fraction of sp³-hybridized carbons (Fsp3) is 0.889. The molecule has 0 saturated carbocycles. The molecule has 0 amide bonds. The minimum Gasteiger partial charge on any atom is -0.481 e. The van der Waals surface area contributed by atoms with Crippen LogP contribution < -0.4 is 5.32 Å². The van der Waals surface area contributed by atoms with Crippen LogP contribution >= 0.6 is 0 Å². The highest BCUT2D eigenvalue weighted by Gasteiger charge is 2.42. The van der Waals surface area contributed by atoms with Gasteiger partial charge in [0, 0.05) is 6.54 Å². The Morgan fingerprint density at radius 3 is 2.50 bits per heavy atom. The van der Waals surface area contributed by atoms with Gasteiger partial charge >= 0.3 is 5.97 Å². The summed E-state index contributed by atoms with van der Waals surface area (Å²) in [6.45, 7) is 5.56. The Kier molecular flexibility index (Phi) is 2.73. The molecule has 1 aliphatic rings. The molecular formula is C9H17NO2. The van der Waals surface area contributed by atoms with Crippen LogP contribution in [0.1, 0.15) is 26.7 Å². The molecule has 1 aliphatic heterocycles. The molecule has 0 bridgehead atoms. The molecule has 1 fully saturated rings. The number of aliphatic carboxylic acids is 1. The molecule has 2 N–H and O–H groups in total. The summed E-state index contributed by atoms with van der Waals surface area (Å²) in [6, 6.07) is 0. The predicted octanol–water partition coefficient (Wildman–Crippen LogP) is 1.10. The van der Waals surface area contributed by atoms with E-state index in [1.807, 2.05) is 13.8 Å². The molecule has 0 aromatic heterocycles. The molecule has 1 heterocycles. The maximum absolute atomic E-state index is 11.1. The van der Waals surface area contributed by atoms with Crippen molar-refractivity contribution in [3.8, 4) is 0 Å². The molecule has 3 heteroatoms. The normalized spacial score (nSPS) is 30.6. The predicted molar refractivity (Wildman–Crippen MR) is 47.0 cm³/mol. The number of piperidine rings is 1. The van der Waals surface area contributed by atoms with Crippen molar-refractivity contribution >= 4 is 5.97 Å². The van der Waals surface area contributed by atoms with Crippen LogP contribution in [0.5, 0.6) is 0 Å². The molecule has 0 aliphatic carbocycles. The average molecular weight is 171 g/mol. The molecule has 3 nitrogen and oxygen atoms in total. The quantitative estimate of drug-likeness (QED) is 0.654. The van der Waals surface area contributed by atoms with E-state index in [1.165, 1.54) is 0 Å². The lowest BCUT2D eigenvalue weighted by atomic mass is 9.72. The largest absolute Gasteiger partial charge is 0.481 e. The topological polar surface area (TPSA) is 49.3 Å². The van der Waals surface area contributed by atoms with E-state index in [9.17, 15) is 4.79 Å². The smallest absolute Gasteiger partial charge is 0.311 e. The van der Waals surface area contributed by atoms with Crippen LogP contribution in [0, 0.1) is 11.3 Å². The minimum atomic E-state index is -0.648. The number of carbonyl (C=O) groups is 1. The van der Waals surface area contributed by atoms with Gasteiger partial charge in [0.2, 0.25) is 0 Å². The lowest BCUT2D eigenvalue weighted by molar-refractivity contribution is -0.153. The molecule has 1 atom stereocenters. The maximum Gasteiger partial charge on any atom is 0.311 e. The van der Waals surface area contributed by atoms with Gasteiger partial charge in [-0.15, -0.1) is 0 Å². The summed E-state index contributed by atoms with van der Waals surface area (Å²) in [5, 5.41) is 12.3. The Balaban J connectivity index is 2.77. The summed E-state index contributed by atoms with van der Waals surface area (Å²) in [6.07, 6.45) is 1.79. The zero-order chi connectivity index (χ0) is 9.19. The van der Waals surface area contributed by atoms with Crippen molar-refractivity contribution < 1.29 is 9.90 Å². The van der Waals surface area contributed by atoms with E-state index in [0.717, 1.165) is 19.4 Å². The van der Waals surface area contributed by atoms with Crippen molar-refractivity contribution in [2.75, 3.05) is 13.1 Å². The summed E-state index contributed by atoms with van der Waals surface area (Å²) >= 11 is 0. The molecule has 0 unspecified atom stereocenters. The molecule has 0 spiro atoms. The van der Waals surface area contributed by atoms with Gasteiger partial charge < -0.3 is 10.4 Å². The Labute approximate surface area is 73.2 Å². The summed E-state index contributed by atoms with van der Waals surface area (Å²) in [4.78, 5) is 11.1. The van der Waals surface area contributed by atoms with E-state index >= 15 is 0 Å². The van der Waals surface area contributed by atoms with E-state index in [4.69, 9.17) is 5.11 Å². The zero-order valence-corrected chi connectivity index (χ0v) is 7.76. The molecule has 70 valence electrons. The summed E-state index contributed by atoms with van der Waals surface area (Å²) < 4.78 is 0. The second kappa shape index (κ2) is 3.44. The molecule has 1 rings (SSSR count). The first kappa shape index (κ1) is 9.52. The molecular weight excluding hydrogens is 154 g/mol. The minimum absolute atomic E-state index is 0.211. The molecule has 12 heavy (non-hydrogen) atoms. The Morgan fingerprint density at radius 1 is 1.58 bits per heavy atom. The van der Waals surface area contributed by atoms with Crippen molar-refractivity contribution in [1.29, 1.82) is 0 Å². The SMILES string of the molecule is CC(C)[C@]1(C(=O)O)CCCNC1. The monoisotopic (exact) mass is 171 g/mol. The van der Waals surface area contributed by atoms with Gasteiger partial charge in [0.1, 0.15) is 0 Å². The third-order valence-corrected chi connectivity index (χ3v) is 2.95. The summed E-state index contributed by atoms with van der Waals surface area (Å²) in [5.74, 6) is -0.438. The first-order valence-electron chi connectivity index (χ1n) is 4.54. The van der Waals surface area contributed by atoms with Gasteiger partial charge in [-0.1, -0.05) is 13.8 Å². The first-order valence-corrected chi connectivity index (χ1v) is 4.54. The van der Waals surface area contributed by atoms with Gasteiger partial charge in [0.15, 0.2) is 0 Å². The Hall–Kier alpha value is -0.570. The Bertz CT molecular complexity index is 171. The molecule has 0 aromatic rings. The second-order valence-corrected chi connectivity index (χ2v) is 3.90. The maximum atomic E-state index is 11.1. The van der Waals surface area contributed by atoms with E-state index in [0.29, 0.717) is 6.54 Å². The van der Waals surface area contributed by atoms with Crippen LogP contribution in [0.4, 0.5) is 0 Å². The van der Waals surface area contributed by atoms with Crippen LogP contribution in [0.2, 0.25) is 0 Å². The van der Waals surface area contributed by atoms with E-state index in [1.54, 1.807) is 0 Å². The highest BCUT2D eigenvalue weighted by atomic mass is 16.4. The van der Waals surface area contributed by atoms with Gasteiger partial charge in [-0.25, -0.2) is 0 Å². The van der Waals surface area contributed by atoms with Crippen molar-refractivity contribution in [2.45, 2.75) is 26.7 Å². The number of hydrogen-bond acceptors (Lipinski definition) is 2. The van der Waals surface area contributed by atoms with Crippen molar-refractivity contribution in [1.82, 2.24) is 5.32 Å². The molecule has 1 saturated heterocycles. The Morgan fingerprint density at radius 2 is 2.25 bits per heavy atom. The number of rotatable bonds is 2. The second-order valence-electron chi connectivity index (χ2n) is 3.90. The van der Waals surface area contributed by atoms with Crippen LogP contribution in [0.15, 0.2) is 0 Å². The van der Waals surface area contributed by atoms with Crippen LogP contribution in [-0.2, 0) is 4.79 Å². The van der Waals surface area contributed by atoms with E-state index in [2.05, 4.69) is 5.32 Å². The van der Waals surface area contributed by atoms with Crippen molar-refractivity contribution in [3.63, 3.8) is 0 Å². The van der Waals surface area contributed by atoms with Crippen LogP contribution in [-0.4, -0.2) is 24.2 Å². The van der Waals surface area contributed by atoms with Crippen molar-refractivity contribution in [2.24, 2.45) is 11.3 Å². The van der Waals surface area contributed by atoms with E-state index < -0.39 is 11.4 Å². The average Bonchev–Trinajstić information content (AvgIpc) is 2.05. The summed E-state index contributed by atoms with van der Waals surface area (Å²) in [7, 11) is 0. The fourth-order valence-electron chi connectivity index (χ4n) is 1.85. The number of hydrogen-bond donors (Lipinski definition) is 2. The zero-order valence-electron chi connectivity index (χ0n) is 7.76. The fourth-order valence-corrected chi connectivity index (χ4v) is 1.85. The number of carboxylic acid groups (broad SMARTS) is 1. The molecule has 0 radical (unpaired) electrons. The van der Waals surface area contributed by atoms with Gasteiger partial charge in [0.25, 0.3) is 0 Å². The number of nitrogens with one attached hydrogen (secondary N) is 1. The lowest BCUT2D eigenvalue weighted by Crippen LogP contribution is -2.48. The van der Waals surface area contributed by atoms with Crippen LogP contribution in [0.25, 0.3) is 0 Å². The standard InChI is InChI=1S/C9H17NO2/c1-7(2)9(8(11)12)4-3-5-10-6-9/h7,10H,3-6H2,1-2H3,(H,11,12)/t9-/m0/s1. The first-order chi connectivity index (χ1) is 5.59. The van der Waals surface area contributed by atoms with Gasteiger partial charge in [0.05, 0.1) is 5.41 Å². The highest BCUT2D eigenvalue weighted by molar-refractivity contribution is 5.75.